The van der Waals surface area contributed by atoms with Crippen molar-refractivity contribution in [3.8, 4) is 11.5 Å². The summed E-state index contributed by atoms with van der Waals surface area (Å²) in [5.41, 5.74) is 1.95. The summed E-state index contributed by atoms with van der Waals surface area (Å²) < 4.78 is 9.62. The van der Waals surface area contributed by atoms with Gasteiger partial charge in [0.1, 0.15) is 23.5 Å². The highest BCUT2D eigenvalue weighted by atomic mass is 16.5. The highest BCUT2D eigenvalue weighted by Crippen LogP contribution is 2.26. The molecule has 1 N–H and O–H groups in total. The first-order valence-electron chi connectivity index (χ1n) is 10.3. The molecule has 5 rings (SSSR count). The third kappa shape index (κ3) is 3.68. The number of nitrogens with zero attached hydrogens (tertiary/aromatic N) is 6. The Balaban J connectivity index is 1.41. The zero-order chi connectivity index (χ0) is 21.4. The molecular formula is C22H23N7O2. The predicted octanol–water partition coefficient (Wildman–Crippen LogP) is 3.48. The van der Waals surface area contributed by atoms with Crippen molar-refractivity contribution in [3.63, 3.8) is 0 Å². The lowest BCUT2D eigenvalue weighted by molar-refractivity contribution is 0.102. The minimum atomic E-state index is -0.313. The minimum absolute atomic E-state index is 0.197. The molecule has 31 heavy (non-hydrogen) atoms. The van der Waals surface area contributed by atoms with Crippen molar-refractivity contribution in [2.24, 2.45) is 0 Å². The molecule has 1 unspecified atom stereocenters. The van der Waals surface area contributed by atoms with Gasteiger partial charge in [0.15, 0.2) is 5.82 Å². The predicted molar refractivity (Wildman–Crippen MR) is 116 cm³/mol. The van der Waals surface area contributed by atoms with Crippen molar-refractivity contribution >= 4 is 22.6 Å². The molecule has 1 saturated heterocycles. The monoisotopic (exact) mass is 417 g/mol. The van der Waals surface area contributed by atoms with Gasteiger partial charge in [-0.1, -0.05) is 6.07 Å². The summed E-state index contributed by atoms with van der Waals surface area (Å²) in [6.07, 6.45) is 6.40. The van der Waals surface area contributed by atoms with Crippen LogP contribution >= 0.6 is 0 Å². The van der Waals surface area contributed by atoms with Crippen molar-refractivity contribution in [3.05, 3.63) is 54.7 Å². The molecule has 4 aromatic heterocycles. The van der Waals surface area contributed by atoms with Gasteiger partial charge in [-0.05, 0) is 44.5 Å². The number of carbonyl (C=O) groups is 1. The van der Waals surface area contributed by atoms with Crippen LogP contribution in [-0.2, 0) is 4.74 Å². The van der Waals surface area contributed by atoms with Gasteiger partial charge in [0.25, 0.3) is 5.91 Å². The second kappa shape index (κ2) is 7.92. The number of hydrogen-bond donors (Lipinski definition) is 1. The first kappa shape index (κ1) is 19.4. The molecule has 1 aliphatic rings. The molecule has 0 radical (unpaired) electrons. The largest absolute Gasteiger partial charge is 0.379 e. The molecule has 4 aromatic rings. The maximum absolute atomic E-state index is 12.9. The first-order valence-corrected chi connectivity index (χ1v) is 10.3. The Bertz CT molecular complexity index is 1240. The summed E-state index contributed by atoms with van der Waals surface area (Å²) in [5, 5.41) is 12.0. The molecule has 0 saturated carbocycles. The number of carbonyl (C=O) groups excluding carboxylic acids is 1. The molecular weight excluding hydrogens is 394 g/mol. The highest BCUT2D eigenvalue weighted by molar-refractivity contribution is 6.04. The number of pyridine rings is 2. The lowest BCUT2D eigenvalue weighted by Crippen LogP contribution is -2.15. The van der Waals surface area contributed by atoms with E-state index in [0.717, 1.165) is 23.9 Å². The summed E-state index contributed by atoms with van der Waals surface area (Å²) in [6.45, 7) is 5.54. The lowest BCUT2D eigenvalue weighted by Gasteiger charge is -2.12. The maximum Gasteiger partial charge on any atom is 0.275 e. The van der Waals surface area contributed by atoms with Crippen LogP contribution in [0.25, 0.3) is 22.4 Å². The Morgan fingerprint density at radius 2 is 2.19 bits per heavy atom. The highest BCUT2D eigenvalue weighted by Gasteiger charge is 2.20. The number of nitrogens with one attached hydrogen (secondary N) is 1. The van der Waals surface area contributed by atoms with E-state index in [-0.39, 0.29) is 18.0 Å². The topological polar surface area (TPSA) is 99.8 Å². The fraction of sp³-hybridized carbons (Fsp3) is 0.318. The molecule has 9 nitrogen and oxygen atoms in total. The van der Waals surface area contributed by atoms with Crippen LogP contribution in [0.3, 0.4) is 0 Å². The molecule has 0 spiro atoms. The maximum atomic E-state index is 12.9. The van der Waals surface area contributed by atoms with Crippen LogP contribution in [0.4, 0.5) is 5.82 Å². The van der Waals surface area contributed by atoms with E-state index in [9.17, 15) is 4.79 Å². The fourth-order valence-electron chi connectivity index (χ4n) is 3.85. The Kier molecular flexibility index (Phi) is 4.95. The first-order chi connectivity index (χ1) is 15.1. The SMILES string of the molecule is CC(C)n1cnnc1-c1cccc(NC(=O)c2cc3c(ccn3C3CCOC3)cn2)n1. The summed E-state index contributed by atoms with van der Waals surface area (Å²) in [7, 11) is 0. The minimum Gasteiger partial charge on any atom is -0.379 e. The average Bonchev–Trinajstić information content (AvgIpc) is 3.53. The lowest BCUT2D eigenvalue weighted by atomic mass is 10.2. The smallest absolute Gasteiger partial charge is 0.275 e. The standard InChI is InChI=1S/C22H23N7O2/c1-14(2)29-13-24-27-21(29)17-4-3-5-20(25-17)26-22(30)18-10-19-15(11-23-18)6-8-28(19)16-7-9-31-12-16/h3-6,8,10-11,13-14,16H,7,9,12H2,1-2H3,(H,25,26,30). The summed E-state index contributed by atoms with van der Waals surface area (Å²) in [6, 6.07) is 9.74. The quantitative estimate of drug-likeness (QED) is 0.534. The van der Waals surface area contributed by atoms with Crippen LogP contribution in [0.15, 0.2) is 49.1 Å². The molecule has 0 aliphatic carbocycles. The van der Waals surface area contributed by atoms with Crippen molar-refractivity contribution in [2.75, 3.05) is 18.5 Å². The number of rotatable bonds is 5. The molecule has 1 atom stereocenters. The third-order valence-electron chi connectivity index (χ3n) is 5.49. The number of aromatic nitrogens is 6. The van der Waals surface area contributed by atoms with E-state index in [1.807, 2.05) is 48.9 Å². The molecule has 9 heteroatoms. The van der Waals surface area contributed by atoms with E-state index < -0.39 is 0 Å². The van der Waals surface area contributed by atoms with E-state index in [2.05, 4.69) is 30.0 Å². The zero-order valence-corrected chi connectivity index (χ0v) is 17.4. The molecule has 1 fully saturated rings. The Hall–Kier alpha value is -3.59. The number of ether oxygens (including phenoxy) is 1. The van der Waals surface area contributed by atoms with E-state index in [0.29, 0.717) is 29.6 Å². The van der Waals surface area contributed by atoms with Gasteiger partial charge in [0.05, 0.1) is 18.2 Å². The van der Waals surface area contributed by atoms with Crippen molar-refractivity contribution in [1.29, 1.82) is 0 Å². The zero-order valence-electron chi connectivity index (χ0n) is 17.4. The van der Waals surface area contributed by atoms with E-state index in [4.69, 9.17) is 4.74 Å². The molecule has 0 aromatic carbocycles. The van der Waals surface area contributed by atoms with Crippen LogP contribution in [0.5, 0.6) is 0 Å². The Labute approximate surface area is 179 Å². The van der Waals surface area contributed by atoms with E-state index in [1.165, 1.54) is 0 Å². The molecule has 158 valence electrons. The van der Waals surface area contributed by atoms with Crippen molar-refractivity contribution < 1.29 is 9.53 Å². The molecule has 1 amide bonds. The molecule has 5 heterocycles. The van der Waals surface area contributed by atoms with Gasteiger partial charge in [-0.15, -0.1) is 10.2 Å². The van der Waals surface area contributed by atoms with Crippen LogP contribution in [0, 0.1) is 0 Å². The normalized spacial score (nSPS) is 16.3. The summed E-state index contributed by atoms with van der Waals surface area (Å²) in [4.78, 5) is 21.8. The van der Waals surface area contributed by atoms with Gasteiger partial charge in [-0.25, -0.2) is 4.98 Å². The second-order valence-electron chi connectivity index (χ2n) is 7.89. The number of anilines is 1. The summed E-state index contributed by atoms with van der Waals surface area (Å²) >= 11 is 0. The Morgan fingerprint density at radius 1 is 1.29 bits per heavy atom. The van der Waals surface area contributed by atoms with E-state index in [1.54, 1.807) is 18.6 Å². The van der Waals surface area contributed by atoms with Crippen LogP contribution in [0.1, 0.15) is 42.8 Å². The number of amides is 1. The van der Waals surface area contributed by atoms with Crippen molar-refractivity contribution in [2.45, 2.75) is 32.4 Å². The van der Waals surface area contributed by atoms with Crippen molar-refractivity contribution in [1.82, 2.24) is 29.3 Å². The van der Waals surface area contributed by atoms with Crippen LogP contribution < -0.4 is 5.32 Å². The van der Waals surface area contributed by atoms with Gasteiger partial charge in [0, 0.05) is 30.4 Å². The Morgan fingerprint density at radius 3 is 3.00 bits per heavy atom. The number of hydrogen-bond acceptors (Lipinski definition) is 6. The molecule has 0 bridgehead atoms. The van der Waals surface area contributed by atoms with Gasteiger partial charge >= 0.3 is 0 Å². The van der Waals surface area contributed by atoms with Gasteiger partial charge in [-0.3, -0.25) is 9.78 Å². The van der Waals surface area contributed by atoms with Gasteiger partial charge < -0.3 is 19.2 Å². The molecule has 1 aliphatic heterocycles. The number of fused-ring (bicyclic) bond motifs is 1. The van der Waals surface area contributed by atoms with Crippen LogP contribution in [0.2, 0.25) is 0 Å². The fourth-order valence-corrected chi connectivity index (χ4v) is 3.85. The summed E-state index contributed by atoms with van der Waals surface area (Å²) in [5.74, 6) is 0.775. The average molecular weight is 417 g/mol. The van der Waals surface area contributed by atoms with Crippen LogP contribution in [-0.4, -0.2) is 48.4 Å². The van der Waals surface area contributed by atoms with Gasteiger partial charge in [-0.2, -0.15) is 0 Å². The second-order valence-corrected chi connectivity index (χ2v) is 7.89. The van der Waals surface area contributed by atoms with Gasteiger partial charge in [0.2, 0.25) is 0 Å². The third-order valence-corrected chi connectivity index (χ3v) is 5.49. The van der Waals surface area contributed by atoms with E-state index >= 15 is 0 Å².